The molecule has 0 aliphatic carbocycles. The average molecular weight is 449 g/mol. The zero-order valence-corrected chi connectivity index (χ0v) is 18.2. The lowest BCUT2D eigenvalue weighted by molar-refractivity contribution is -0.235. The minimum Gasteiger partial charge on any atom is -0.476 e. The predicted octanol–water partition coefficient (Wildman–Crippen LogP) is 1.06. The van der Waals surface area contributed by atoms with Crippen molar-refractivity contribution in [1.82, 2.24) is 5.16 Å². The van der Waals surface area contributed by atoms with Gasteiger partial charge in [-0.15, -0.1) is 11.8 Å². The van der Waals surface area contributed by atoms with Gasteiger partial charge in [0.15, 0.2) is 34.0 Å². The summed E-state index contributed by atoms with van der Waals surface area (Å²) in [5.74, 6) is -2.81. The molecule has 0 radical (unpaired) electrons. The second kappa shape index (κ2) is 7.86. The predicted molar refractivity (Wildman–Crippen MR) is 110 cm³/mol. The van der Waals surface area contributed by atoms with Crippen molar-refractivity contribution in [2.24, 2.45) is 0 Å². The summed E-state index contributed by atoms with van der Waals surface area (Å²) in [6, 6.07) is 6.61. The van der Waals surface area contributed by atoms with Gasteiger partial charge in [-0.25, -0.2) is 0 Å². The number of nitrogens with zero attached hydrogens (tertiary/aromatic N) is 1. The monoisotopic (exact) mass is 449 g/mol. The number of aliphatic hydroxyl groups is 3. The Hall–Kier alpha value is -2.53. The summed E-state index contributed by atoms with van der Waals surface area (Å²) in [6.07, 6.45) is 1.52. The smallest absolute Gasteiger partial charge is 0.208 e. The van der Waals surface area contributed by atoms with Gasteiger partial charge in [-0.2, -0.15) is 0 Å². The van der Waals surface area contributed by atoms with Crippen molar-refractivity contribution in [2.75, 3.05) is 5.75 Å². The van der Waals surface area contributed by atoms with Crippen LogP contribution in [0.1, 0.15) is 26.5 Å². The maximum absolute atomic E-state index is 12.6. The molecule has 10 heteroatoms. The molecule has 2 aromatic rings. The molecule has 2 heterocycles. The summed E-state index contributed by atoms with van der Waals surface area (Å²) in [4.78, 5) is 37.2. The Morgan fingerprint density at radius 1 is 1.13 bits per heavy atom. The van der Waals surface area contributed by atoms with E-state index >= 15 is 0 Å². The van der Waals surface area contributed by atoms with Crippen LogP contribution in [0.2, 0.25) is 0 Å². The third-order valence-corrected chi connectivity index (χ3v) is 7.03. The molecule has 1 aliphatic rings. The fourth-order valence-electron chi connectivity index (χ4n) is 3.80. The van der Waals surface area contributed by atoms with Gasteiger partial charge < -0.3 is 24.6 Å². The molecule has 1 aliphatic heterocycles. The van der Waals surface area contributed by atoms with Crippen LogP contribution in [0.4, 0.5) is 0 Å². The molecule has 1 aromatic carbocycles. The number of hydrogen-bond donors (Lipinski definition) is 3. The number of aromatic nitrogens is 1. The molecular weight excluding hydrogens is 426 g/mol. The van der Waals surface area contributed by atoms with Crippen molar-refractivity contribution in [3.05, 3.63) is 36.2 Å². The van der Waals surface area contributed by atoms with Crippen LogP contribution in [0.15, 0.2) is 35.0 Å². The number of benzene rings is 1. The number of Topliss-reactive ketones (excluding diaryl/α,β-unsaturated/α-hetero) is 3. The van der Waals surface area contributed by atoms with Crippen LogP contribution in [0.5, 0.6) is 5.75 Å². The Balaban J connectivity index is 2.07. The number of hydrogen-bond acceptors (Lipinski definition) is 10. The standard InChI is InChI=1S/C21H23NO8S/c1-11-17(9-22-30-11)15-6-5-7-16(8-15)29-18-20(27,13(3)24)21(28,14(4)25)19(26,10-31-18)12(2)23/h5-9,18,26-28H,10H2,1-4H3/t18-,19-,20-,21-/m0/s1. The number of rotatable bonds is 6. The fraction of sp³-hybridized carbons (Fsp3) is 0.429. The molecule has 166 valence electrons. The third kappa shape index (κ3) is 3.30. The Bertz CT molecular complexity index is 1050. The molecule has 9 nitrogen and oxygen atoms in total. The lowest BCUT2D eigenvalue weighted by Crippen LogP contribution is -2.82. The van der Waals surface area contributed by atoms with Gasteiger partial charge in [0.2, 0.25) is 5.60 Å². The Morgan fingerprint density at radius 3 is 2.32 bits per heavy atom. The van der Waals surface area contributed by atoms with Crippen molar-refractivity contribution in [3.63, 3.8) is 0 Å². The van der Waals surface area contributed by atoms with Gasteiger partial charge in [0.25, 0.3) is 0 Å². The summed E-state index contributed by atoms with van der Waals surface area (Å²) in [5, 5.41) is 37.2. The third-order valence-electron chi connectivity index (χ3n) is 5.70. The quantitative estimate of drug-likeness (QED) is 0.585. The van der Waals surface area contributed by atoms with E-state index in [0.717, 1.165) is 32.5 Å². The van der Waals surface area contributed by atoms with Crippen molar-refractivity contribution in [2.45, 2.75) is 49.9 Å². The van der Waals surface area contributed by atoms with E-state index in [0.29, 0.717) is 16.9 Å². The Labute approximate surface area is 182 Å². The first-order valence-electron chi connectivity index (χ1n) is 9.39. The van der Waals surface area contributed by atoms with Crippen molar-refractivity contribution < 1.29 is 39.0 Å². The highest BCUT2D eigenvalue weighted by Gasteiger charge is 2.75. The summed E-state index contributed by atoms with van der Waals surface area (Å²) in [5.41, 5.74) is -8.77. The van der Waals surface area contributed by atoms with Crippen LogP contribution in [-0.2, 0) is 14.4 Å². The van der Waals surface area contributed by atoms with E-state index in [1.807, 2.05) is 0 Å². The van der Waals surface area contributed by atoms with Crippen molar-refractivity contribution in [1.29, 1.82) is 0 Å². The van der Waals surface area contributed by atoms with E-state index in [4.69, 9.17) is 9.26 Å². The van der Waals surface area contributed by atoms with Crippen LogP contribution < -0.4 is 4.74 Å². The van der Waals surface area contributed by atoms with Crippen LogP contribution >= 0.6 is 11.8 Å². The van der Waals surface area contributed by atoms with E-state index in [-0.39, 0.29) is 5.75 Å². The van der Waals surface area contributed by atoms with Crippen LogP contribution in [-0.4, -0.2) is 65.8 Å². The average Bonchev–Trinajstić information content (AvgIpc) is 3.14. The van der Waals surface area contributed by atoms with Crippen LogP contribution in [0.3, 0.4) is 0 Å². The number of ether oxygens (including phenoxy) is 1. The lowest BCUT2D eigenvalue weighted by Gasteiger charge is -2.54. The zero-order valence-electron chi connectivity index (χ0n) is 17.4. The normalized spacial score (nSPS) is 30.6. The number of thioether (sulfide) groups is 1. The number of aryl methyl sites for hydroxylation is 1. The number of ketones is 3. The van der Waals surface area contributed by atoms with E-state index in [1.165, 1.54) is 6.20 Å². The molecule has 0 saturated carbocycles. The van der Waals surface area contributed by atoms with Crippen molar-refractivity contribution in [3.8, 4) is 16.9 Å². The number of carbonyl (C=O) groups is 3. The van der Waals surface area contributed by atoms with Gasteiger partial charge in [0.1, 0.15) is 11.5 Å². The minimum atomic E-state index is -3.10. The summed E-state index contributed by atoms with van der Waals surface area (Å²) in [6.45, 7) is 4.55. The van der Waals surface area contributed by atoms with Gasteiger partial charge in [0.05, 0.1) is 6.20 Å². The molecule has 0 unspecified atom stereocenters. The topological polar surface area (TPSA) is 147 Å². The highest BCUT2D eigenvalue weighted by Crippen LogP contribution is 2.49. The Morgan fingerprint density at radius 2 is 1.81 bits per heavy atom. The number of carbonyl (C=O) groups excluding carboxylic acids is 3. The maximum atomic E-state index is 12.6. The molecule has 31 heavy (non-hydrogen) atoms. The van der Waals surface area contributed by atoms with E-state index < -0.39 is 45.3 Å². The van der Waals surface area contributed by atoms with Crippen LogP contribution in [0.25, 0.3) is 11.1 Å². The van der Waals surface area contributed by atoms with Gasteiger partial charge >= 0.3 is 0 Å². The highest BCUT2D eigenvalue weighted by molar-refractivity contribution is 8.00. The van der Waals surface area contributed by atoms with Gasteiger partial charge in [-0.1, -0.05) is 17.3 Å². The summed E-state index contributed by atoms with van der Waals surface area (Å²) >= 11 is 0.748. The van der Waals surface area contributed by atoms with Gasteiger partial charge in [-0.05, 0) is 45.4 Å². The first-order valence-corrected chi connectivity index (χ1v) is 10.4. The van der Waals surface area contributed by atoms with E-state index in [9.17, 15) is 29.7 Å². The zero-order chi connectivity index (χ0) is 23.2. The highest BCUT2D eigenvalue weighted by atomic mass is 32.2. The van der Waals surface area contributed by atoms with Crippen LogP contribution in [0, 0.1) is 6.92 Å². The second-order valence-electron chi connectivity index (χ2n) is 7.59. The SMILES string of the molecule is CC(=O)[C@]1(O)[C@@](O)(C(C)=O)CS[C@H](Oc2cccc(-c3cnoc3C)c2)[C@@]1(O)C(C)=O. The van der Waals surface area contributed by atoms with E-state index in [2.05, 4.69) is 5.16 Å². The fourth-order valence-corrected chi connectivity index (χ4v) is 5.36. The molecule has 1 saturated heterocycles. The van der Waals surface area contributed by atoms with Gasteiger partial charge in [0, 0.05) is 11.3 Å². The molecule has 0 spiro atoms. The van der Waals surface area contributed by atoms with Gasteiger partial charge in [-0.3, -0.25) is 14.4 Å². The molecular formula is C21H23NO8S. The molecule has 0 amide bonds. The largest absolute Gasteiger partial charge is 0.476 e. The summed E-state index contributed by atoms with van der Waals surface area (Å²) in [7, 11) is 0. The first kappa shape index (κ1) is 23.1. The second-order valence-corrected chi connectivity index (χ2v) is 8.64. The summed E-state index contributed by atoms with van der Waals surface area (Å²) < 4.78 is 10.9. The molecule has 0 bridgehead atoms. The molecule has 3 N–H and O–H groups in total. The first-order chi connectivity index (χ1) is 14.4. The maximum Gasteiger partial charge on any atom is 0.208 e. The van der Waals surface area contributed by atoms with Crippen molar-refractivity contribution >= 4 is 29.1 Å². The Kier molecular flexibility index (Phi) is 5.87. The minimum absolute atomic E-state index is 0.217. The lowest BCUT2D eigenvalue weighted by atomic mass is 9.65. The van der Waals surface area contributed by atoms with E-state index in [1.54, 1.807) is 31.2 Å². The molecule has 4 atom stereocenters. The molecule has 1 fully saturated rings. The molecule has 1 aromatic heterocycles. The molecule has 3 rings (SSSR count).